The zero-order valence-corrected chi connectivity index (χ0v) is 9.90. The lowest BCUT2D eigenvalue weighted by Crippen LogP contribution is -2.25. The van der Waals surface area contributed by atoms with Crippen LogP contribution in [0.2, 0.25) is 0 Å². The molecule has 1 rings (SSSR count). The van der Waals surface area contributed by atoms with Crippen LogP contribution in [0.5, 0.6) is 0 Å². The summed E-state index contributed by atoms with van der Waals surface area (Å²) < 4.78 is 0. The van der Waals surface area contributed by atoms with Crippen LogP contribution in [0.4, 0.5) is 0 Å². The molecule has 17 heavy (non-hydrogen) atoms. The Balaban J connectivity index is 2.37. The standard InChI is InChI=1S/C13H17NO3/c1-2-3-12(15)14-9-8-10-4-6-11(7-5-10)13(16)17/h4-7H,2-3,8-9H2,1H3,(H,14,15)(H,16,17). The van der Waals surface area contributed by atoms with E-state index in [-0.39, 0.29) is 11.5 Å². The van der Waals surface area contributed by atoms with Gasteiger partial charge in [-0.1, -0.05) is 19.1 Å². The summed E-state index contributed by atoms with van der Waals surface area (Å²) in [7, 11) is 0. The Morgan fingerprint density at radius 1 is 1.24 bits per heavy atom. The van der Waals surface area contributed by atoms with E-state index in [4.69, 9.17) is 5.11 Å². The molecule has 1 amide bonds. The summed E-state index contributed by atoms with van der Waals surface area (Å²) in [5.41, 5.74) is 1.30. The molecule has 0 unspecified atom stereocenters. The molecular weight excluding hydrogens is 218 g/mol. The highest BCUT2D eigenvalue weighted by molar-refractivity contribution is 5.87. The molecular formula is C13H17NO3. The van der Waals surface area contributed by atoms with E-state index in [1.165, 1.54) is 0 Å². The molecule has 0 bridgehead atoms. The van der Waals surface area contributed by atoms with E-state index >= 15 is 0 Å². The van der Waals surface area contributed by atoms with Gasteiger partial charge in [-0.05, 0) is 30.5 Å². The normalized spacial score (nSPS) is 9.94. The molecule has 0 aromatic heterocycles. The summed E-state index contributed by atoms with van der Waals surface area (Å²) in [5.74, 6) is -0.859. The third kappa shape index (κ3) is 4.68. The van der Waals surface area contributed by atoms with Gasteiger partial charge in [0.15, 0.2) is 0 Å². The number of carboxylic acids is 1. The van der Waals surface area contributed by atoms with E-state index in [0.29, 0.717) is 13.0 Å². The molecule has 0 saturated heterocycles. The highest BCUT2D eigenvalue weighted by Gasteiger charge is 2.02. The molecule has 4 nitrogen and oxygen atoms in total. The van der Waals surface area contributed by atoms with E-state index in [1.807, 2.05) is 6.92 Å². The van der Waals surface area contributed by atoms with E-state index in [9.17, 15) is 9.59 Å². The van der Waals surface area contributed by atoms with Crippen LogP contribution in [0.1, 0.15) is 35.7 Å². The molecule has 4 heteroatoms. The molecule has 0 aliphatic carbocycles. The first-order chi connectivity index (χ1) is 8.13. The smallest absolute Gasteiger partial charge is 0.335 e. The third-order valence-corrected chi connectivity index (χ3v) is 2.41. The second kappa shape index (κ2) is 6.68. The largest absolute Gasteiger partial charge is 0.478 e. The summed E-state index contributed by atoms with van der Waals surface area (Å²) in [6.07, 6.45) is 2.12. The predicted octanol–water partition coefficient (Wildman–Crippen LogP) is 1.84. The van der Waals surface area contributed by atoms with Gasteiger partial charge in [0.25, 0.3) is 0 Å². The van der Waals surface area contributed by atoms with Crippen molar-refractivity contribution in [3.8, 4) is 0 Å². The first-order valence-corrected chi connectivity index (χ1v) is 5.72. The van der Waals surface area contributed by atoms with Crippen LogP contribution in [0.3, 0.4) is 0 Å². The van der Waals surface area contributed by atoms with Crippen molar-refractivity contribution in [3.05, 3.63) is 35.4 Å². The maximum absolute atomic E-state index is 11.2. The SMILES string of the molecule is CCCC(=O)NCCc1ccc(C(=O)O)cc1. The molecule has 0 fully saturated rings. The molecule has 0 spiro atoms. The fraction of sp³-hybridized carbons (Fsp3) is 0.385. The van der Waals surface area contributed by atoms with Crippen LogP contribution in [0.25, 0.3) is 0 Å². The van der Waals surface area contributed by atoms with Gasteiger partial charge in [-0.25, -0.2) is 4.79 Å². The van der Waals surface area contributed by atoms with Crippen molar-refractivity contribution in [2.75, 3.05) is 6.54 Å². The summed E-state index contributed by atoms with van der Waals surface area (Å²) >= 11 is 0. The topological polar surface area (TPSA) is 66.4 Å². The van der Waals surface area contributed by atoms with Crippen molar-refractivity contribution in [1.82, 2.24) is 5.32 Å². The van der Waals surface area contributed by atoms with Gasteiger partial charge < -0.3 is 10.4 Å². The van der Waals surface area contributed by atoms with Crippen molar-refractivity contribution in [2.45, 2.75) is 26.2 Å². The first-order valence-electron chi connectivity index (χ1n) is 5.72. The Bertz CT molecular complexity index is 384. The lowest BCUT2D eigenvalue weighted by Gasteiger charge is -2.04. The molecule has 2 N–H and O–H groups in total. The number of aromatic carboxylic acids is 1. The van der Waals surface area contributed by atoms with E-state index in [2.05, 4.69) is 5.32 Å². The second-order valence-corrected chi connectivity index (χ2v) is 3.85. The number of nitrogens with one attached hydrogen (secondary N) is 1. The highest BCUT2D eigenvalue weighted by atomic mass is 16.4. The zero-order valence-electron chi connectivity index (χ0n) is 9.90. The van der Waals surface area contributed by atoms with Gasteiger partial charge in [0.05, 0.1) is 5.56 Å². The van der Waals surface area contributed by atoms with Gasteiger partial charge in [0.1, 0.15) is 0 Å². The minimum atomic E-state index is -0.923. The van der Waals surface area contributed by atoms with Gasteiger partial charge in [-0.2, -0.15) is 0 Å². The summed E-state index contributed by atoms with van der Waals surface area (Å²) in [6.45, 7) is 2.55. The fourth-order valence-corrected chi connectivity index (χ4v) is 1.48. The quantitative estimate of drug-likeness (QED) is 0.790. The van der Waals surface area contributed by atoms with Gasteiger partial charge in [-0.15, -0.1) is 0 Å². The molecule has 92 valence electrons. The molecule has 0 atom stereocenters. The number of benzene rings is 1. The monoisotopic (exact) mass is 235 g/mol. The average Bonchev–Trinajstić information content (AvgIpc) is 2.30. The number of amides is 1. The molecule has 0 aliphatic heterocycles. The van der Waals surface area contributed by atoms with Crippen LogP contribution >= 0.6 is 0 Å². The van der Waals surface area contributed by atoms with Crippen molar-refractivity contribution in [1.29, 1.82) is 0 Å². The molecule has 0 saturated carbocycles. The maximum atomic E-state index is 11.2. The Kier molecular flexibility index (Phi) is 5.20. The number of carboxylic acid groups (broad SMARTS) is 1. The maximum Gasteiger partial charge on any atom is 0.335 e. The van der Waals surface area contributed by atoms with Crippen molar-refractivity contribution in [3.63, 3.8) is 0 Å². The van der Waals surface area contributed by atoms with Crippen LogP contribution < -0.4 is 5.32 Å². The Morgan fingerprint density at radius 3 is 2.41 bits per heavy atom. The Labute approximate surface area is 101 Å². The van der Waals surface area contributed by atoms with E-state index < -0.39 is 5.97 Å². The van der Waals surface area contributed by atoms with E-state index in [0.717, 1.165) is 18.4 Å². The van der Waals surface area contributed by atoms with Gasteiger partial charge >= 0.3 is 5.97 Å². The van der Waals surface area contributed by atoms with Crippen LogP contribution in [-0.4, -0.2) is 23.5 Å². The number of hydrogen-bond acceptors (Lipinski definition) is 2. The molecule has 1 aromatic rings. The molecule has 0 radical (unpaired) electrons. The second-order valence-electron chi connectivity index (χ2n) is 3.85. The van der Waals surface area contributed by atoms with Crippen LogP contribution in [0.15, 0.2) is 24.3 Å². The van der Waals surface area contributed by atoms with Crippen molar-refractivity contribution >= 4 is 11.9 Å². The van der Waals surface area contributed by atoms with Crippen LogP contribution in [-0.2, 0) is 11.2 Å². The lowest BCUT2D eigenvalue weighted by molar-refractivity contribution is -0.121. The van der Waals surface area contributed by atoms with Crippen LogP contribution in [0, 0.1) is 0 Å². The Morgan fingerprint density at radius 2 is 1.88 bits per heavy atom. The predicted molar refractivity (Wildman–Crippen MR) is 65.0 cm³/mol. The minimum Gasteiger partial charge on any atom is -0.478 e. The van der Waals surface area contributed by atoms with Crippen molar-refractivity contribution < 1.29 is 14.7 Å². The number of rotatable bonds is 6. The third-order valence-electron chi connectivity index (χ3n) is 2.41. The van der Waals surface area contributed by atoms with Crippen molar-refractivity contribution in [2.24, 2.45) is 0 Å². The average molecular weight is 235 g/mol. The van der Waals surface area contributed by atoms with Gasteiger partial charge in [-0.3, -0.25) is 4.79 Å². The molecule has 0 heterocycles. The number of carbonyl (C=O) groups excluding carboxylic acids is 1. The lowest BCUT2D eigenvalue weighted by atomic mass is 10.1. The summed E-state index contributed by atoms with van der Waals surface area (Å²) in [4.78, 5) is 21.8. The van der Waals surface area contributed by atoms with Gasteiger partial charge in [0.2, 0.25) is 5.91 Å². The minimum absolute atomic E-state index is 0.0645. The van der Waals surface area contributed by atoms with E-state index in [1.54, 1.807) is 24.3 Å². The fourth-order valence-electron chi connectivity index (χ4n) is 1.48. The number of carbonyl (C=O) groups is 2. The zero-order chi connectivity index (χ0) is 12.7. The first kappa shape index (κ1) is 13.2. The Hall–Kier alpha value is -1.84. The highest BCUT2D eigenvalue weighted by Crippen LogP contribution is 2.04. The molecule has 1 aromatic carbocycles. The summed E-state index contributed by atoms with van der Waals surface area (Å²) in [5, 5.41) is 11.5. The number of hydrogen-bond donors (Lipinski definition) is 2. The van der Waals surface area contributed by atoms with Gasteiger partial charge in [0, 0.05) is 13.0 Å². The molecule has 0 aliphatic rings. The summed E-state index contributed by atoms with van der Waals surface area (Å²) in [6, 6.07) is 6.70.